The Morgan fingerprint density at radius 3 is 2.41 bits per heavy atom. The van der Waals surface area contributed by atoms with Crippen molar-refractivity contribution in [1.82, 2.24) is 9.99 Å². The fourth-order valence-corrected chi connectivity index (χ4v) is 2.96. The van der Waals surface area contributed by atoms with Crippen LogP contribution in [0.15, 0.2) is 72.9 Å². The highest BCUT2D eigenvalue weighted by molar-refractivity contribution is 6.22. The average Bonchev–Trinajstić information content (AvgIpc) is 2.97. The zero-order valence-electron chi connectivity index (χ0n) is 14.7. The monoisotopic (exact) mass is 359 g/mol. The lowest BCUT2D eigenvalue weighted by Gasteiger charge is -2.26. The van der Waals surface area contributed by atoms with E-state index in [0.717, 1.165) is 10.6 Å². The number of hydrogen-bond acceptors (Lipinski definition) is 5. The van der Waals surface area contributed by atoms with Crippen molar-refractivity contribution in [3.8, 4) is 5.75 Å². The van der Waals surface area contributed by atoms with E-state index in [4.69, 9.17) is 4.74 Å². The Balaban J connectivity index is 1.56. The van der Waals surface area contributed by atoms with Gasteiger partial charge in [-0.15, -0.1) is 0 Å². The van der Waals surface area contributed by atoms with E-state index in [1.165, 1.54) is 5.01 Å². The van der Waals surface area contributed by atoms with Crippen molar-refractivity contribution >= 4 is 17.6 Å². The fraction of sp³-hybridized carbons (Fsp3) is 0.0952. The molecule has 27 heavy (non-hydrogen) atoms. The summed E-state index contributed by atoms with van der Waals surface area (Å²) in [7, 11) is 1.64. The standard InChI is InChI=1S/C21H17N3O3/c1-23(19-9-5-6-12-22-19)24-20(25)17-11-10-16(13-18(17)21(24)26)27-14-15-7-3-2-4-8-15/h2-13H,14H2,1H3. The first-order valence-corrected chi connectivity index (χ1v) is 8.49. The first-order valence-electron chi connectivity index (χ1n) is 8.49. The quantitative estimate of drug-likeness (QED) is 0.654. The molecule has 0 bridgehead atoms. The van der Waals surface area contributed by atoms with Crippen molar-refractivity contribution in [2.24, 2.45) is 0 Å². The largest absolute Gasteiger partial charge is 0.489 e. The normalized spacial score (nSPS) is 12.9. The fourth-order valence-electron chi connectivity index (χ4n) is 2.96. The molecule has 134 valence electrons. The van der Waals surface area contributed by atoms with Gasteiger partial charge in [-0.3, -0.25) is 14.6 Å². The lowest BCUT2D eigenvalue weighted by molar-refractivity contribution is 0.0643. The number of carbonyl (C=O) groups is 2. The van der Waals surface area contributed by atoms with Crippen molar-refractivity contribution in [3.05, 3.63) is 89.6 Å². The minimum Gasteiger partial charge on any atom is -0.489 e. The molecule has 6 heteroatoms. The van der Waals surface area contributed by atoms with E-state index < -0.39 is 5.91 Å². The number of hydrogen-bond donors (Lipinski definition) is 0. The zero-order valence-corrected chi connectivity index (χ0v) is 14.7. The molecule has 2 heterocycles. The molecule has 0 unspecified atom stereocenters. The van der Waals surface area contributed by atoms with Crippen LogP contribution in [0.2, 0.25) is 0 Å². The number of amides is 2. The van der Waals surface area contributed by atoms with E-state index in [1.54, 1.807) is 49.6 Å². The van der Waals surface area contributed by atoms with Crippen molar-refractivity contribution < 1.29 is 14.3 Å². The molecule has 6 nitrogen and oxygen atoms in total. The Labute approximate surface area is 156 Å². The second-order valence-electron chi connectivity index (χ2n) is 6.12. The van der Waals surface area contributed by atoms with Gasteiger partial charge in [0.05, 0.1) is 11.1 Å². The molecule has 2 amide bonds. The first kappa shape index (κ1) is 16.8. The molecule has 1 aliphatic heterocycles. The van der Waals surface area contributed by atoms with E-state index in [2.05, 4.69) is 4.98 Å². The maximum atomic E-state index is 12.8. The van der Waals surface area contributed by atoms with Gasteiger partial charge in [0.15, 0.2) is 0 Å². The van der Waals surface area contributed by atoms with Crippen molar-refractivity contribution in [1.29, 1.82) is 0 Å². The van der Waals surface area contributed by atoms with Gasteiger partial charge < -0.3 is 4.74 Å². The molecule has 0 spiro atoms. The number of rotatable bonds is 5. The van der Waals surface area contributed by atoms with Crippen molar-refractivity contribution in [3.63, 3.8) is 0 Å². The van der Waals surface area contributed by atoms with Crippen LogP contribution in [0.25, 0.3) is 0 Å². The summed E-state index contributed by atoms with van der Waals surface area (Å²) in [6.45, 7) is 0.388. The Hall–Kier alpha value is -3.67. The lowest BCUT2D eigenvalue weighted by atomic mass is 10.1. The van der Waals surface area contributed by atoms with Crippen LogP contribution >= 0.6 is 0 Å². The molecule has 0 fully saturated rings. The Bertz CT molecular complexity index is 990. The number of anilines is 1. The summed E-state index contributed by atoms with van der Waals surface area (Å²) in [5.41, 5.74) is 1.71. The van der Waals surface area contributed by atoms with Crippen LogP contribution in [0.4, 0.5) is 5.82 Å². The van der Waals surface area contributed by atoms with Crippen LogP contribution in [-0.2, 0) is 6.61 Å². The third-order valence-electron chi connectivity index (χ3n) is 4.37. The molecular formula is C21H17N3O3. The predicted molar refractivity (Wildman–Crippen MR) is 100 cm³/mol. The Morgan fingerprint density at radius 2 is 1.67 bits per heavy atom. The van der Waals surface area contributed by atoms with Gasteiger partial charge in [-0.05, 0) is 35.9 Å². The number of carbonyl (C=O) groups excluding carboxylic acids is 2. The number of pyridine rings is 1. The molecule has 0 radical (unpaired) electrons. The van der Waals surface area contributed by atoms with Crippen LogP contribution in [0.3, 0.4) is 0 Å². The number of benzene rings is 2. The third kappa shape index (κ3) is 3.13. The van der Waals surface area contributed by atoms with Crippen LogP contribution in [0.1, 0.15) is 26.3 Å². The van der Waals surface area contributed by atoms with Crippen LogP contribution in [0.5, 0.6) is 5.75 Å². The van der Waals surface area contributed by atoms with E-state index in [0.29, 0.717) is 29.3 Å². The van der Waals surface area contributed by atoms with E-state index in [9.17, 15) is 9.59 Å². The summed E-state index contributed by atoms with van der Waals surface area (Å²) in [5, 5.41) is 2.54. The van der Waals surface area contributed by atoms with E-state index in [1.807, 2.05) is 30.3 Å². The number of imide groups is 1. The van der Waals surface area contributed by atoms with Crippen molar-refractivity contribution in [2.45, 2.75) is 6.61 Å². The van der Waals surface area contributed by atoms with Crippen molar-refractivity contribution in [2.75, 3.05) is 12.1 Å². The molecule has 3 aromatic rings. The summed E-state index contributed by atoms with van der Waals surface area (Å²) >= 11 is 0. The minimum atomic E-state index is -0.395. The molecule has 0 aliphatic carbocycles. The number of ether oxygens (including phenoxy) is 1. The van der Waals surface area contributed by atoms with Crippen LogP contribution in [-0.4, -0.2) is 28.9 Å². The second kappa shape index (κ2) is 6.92. The minimum absolute atomic E-state index is 0.327. The summed E-state index contributed by atoms with van der Waals surface area (Å²) in [4.78, 5) is 29.7. The smallest absolute Gasteiger partial charge is 0.280 e. The van der Waals surface area contributed by atoms with Gasteiger partial charge >= 0.3 is 0 Å². The highest BCUT2D eigenvalue weighted by Gasteiger charge is 2.39. The first-order chi connectivity index (χ1) is 13.1. The zero-order chi connectivity index (χ0) is 18.8. The topological polar surface area (TPSA) is 62.7 Å². The molecule has 0 saturated carbocycles. The third-order valence-corrected chi connectivity index (χ3v) is 4.37. The SMILES string of the molecule is CN(c1ccccn1)N1C(=O)c2ccc(OCc3ccccc3)cc2C1=O. The summed E-state index contributed by atoms with van der Waals surface area (Å²) in [6.07, 6.45) is 1.61. The number of hydrazine groups is 1. The summed E-state index contributed by atoms with van der Waals surface area (Å²) < 4.78 is 5.77. The lowest BCUT2D eigenvalue weighted by Crippen LogP contribution is -2.44. The molecule has 2 aromatic carbocycles. The van der Waals surface area contributed by atoms with E-state index in [-0.39, 0.29) is 5.91 Å². The highest BCUT2D eigenvalue weighted by Crippen LogP contribution is 2.29. The Kier molecular flexibility index (Phi) is 4.30. The number of nitrogens with zero attached hydrogens (tertiary/aromatic N) is 3. The molecular weight excluding hydrogens is 342 g/mol. The van der Waals surface area contributed by atoms with Gasteiger partial charge in [0.25, 0.3) is 11.8 Å². The van der Waals surface area contributed by atoms with Gasteiger partial charge in [-0.2, -0.15) is 5.01 Å². The maximum absolute atomic E-state index is 12.8. The van der Waals surface area contributed by atoms with E-state index >= 15 is 0 Å². The summed E-state index contributed by atoms with van der Waals surface area (Å²) in [6, 6.07) is 20.0. The second-order valence-corrected chi connectivity index (χ2v) is 6.12. The molecule has 0 N–H and O–H groups in total. The molecule has 0 saturated heterocycles. The highest BCUT2D eigenvalue weighted by atomic mass is 16.5. The van der Waals surface area contributed by atoms with Gasteiger partial charge in [0, 0.05) is 13.2 Å². The molecule has 1 aliphatic rings. The number of aromatic nitrogens is 1. The van der Waals surface area contributed by atoms with Crippen LogP contribution in [0, 0.1) is 0 Å². The number of fused-ring (bicyclic) bond motifs is 1. The van der Waals surface area contributed by atoms with Crippen LogP contribution < -0.4 is 9.75 Å². The maximum Gasteiger partial charge on any atom is 0.280 e. The van der Waals surface area contributed by atoms with Gasteiger partial charge in [0.2, 0.25) is 0 Å². The molecule has 0 atom stereocenters. The van der Waals surface area contributed by atoms with Gasteiger partial charge in [0.1, 0.15) is 18.2 Å². The van der Waals surface area contributed by atoms with Gasteiger partial charge in [-0.1, -0.05) is 36.4 Å². The average molecular weight is 359 g/mol. The Morgan fingerprint density at radius 1 is 0.926 bits per heavy atom. The molecule has 4 rings (SSSR count). The summed E-state index contributed by atoms with van der Waals surface area (Å²) in [5.74, 6) is 0.278. The predicted octanol–water partition coefficient (Wildman–Crippen LogP) is 3.31. The van der Waals surface area contributed by atoms with Gasteiger partial charge in [-0.25, -0.2) is 4.98 Å². The molecule has 1 aromatic heterocycles.